The molecule has 0 aliphatic heterocycles. The van der Waals surface area contributed by atoms with Gasteiger partial charge in [0, 0.05) is 12.6 Å². The molecule has 0 spiro atoms. The second-order valence-corrected chi connectivity index (χ2v) is 3.32. The van der Waals surface area contributed by atoms with Crippen LogP contribution in [-0.4, -0.2) is 11.3 Å². The Morgan fingerprint density at radius 3 is 2.53 bits per heavy atom. The molecule has 0 unspecified atom stereocenters. The van der Waals surface area contributed by atoms with Crippen LogP contribution in [0.4, 0.5) is 18.9 Å². The molecule has 0 radical (unpaired) electrons. The van der Waals surface area contributed by atoms with Crippen LogP contribution in [0.25, 0.3) is 0 Å². The first-order chi connectivity index (χ1) is 6.83. The van der Waals surface area contributed by atoms with Crippen molar-refractivity contribution < 1.29 is 17.9 Å². The van der Waals surface area contributed by atoms with Crippen molar-refractivity contribution in [1.82, 2.24) is 4.98 Å². The minimum Gasteiger partial charge on any atom is -0.403 e. The average molecular weight is 286 g/mol. The van der Waals surface area contributed by atoms with Gasteiger partial charge in [0.15, 0.2) is 5.75 Å². The zero-order valence-electron chi connectivity index (χ0n) is 7.31. The van der Waals surface area contributed by atoms with Crippen LogP contribution >= 0.6 is 15.9 Å². The number of pyridine rings is 1. The van der Waals surface area contributed by atoms with Crippen molar-refractivity contribution >= 4 is 21.6 Å². The van der Waals surface area contributed by atoms with Crippen LogP contribution in [0.2, 0.25) is 0 Å². The number of alkyl halides is 3. The van der Waals surface area contributed by atoms with Crippen molar-refractivity contribution in [2.45, 2.75) is 12.9 Å². The van der Waals surface area contributed by atoms with Crippen LogP contribution in [-0.2, 0) is 6.54 Å². The van der Waals surface area contributed by atoms with E-state index in [0.717, 1.165) is 6.07 Å². The van der Waals surface area contributed by atoms with Gasteiger partial charge in [0.05, 0.1) is 5.69 Å². The van der Waals surface area contributed by atoms with Gasteiger partial charge in [-0.3, -0.25) is 0 Å². The summed E-state index contributed by atoms with van der Waals surface area (Å²) < 4.78 is 39.6. The predicted molar refractivity (Wildman–Crippen MR) is 50.9 cm³/mol. The lowest BCUT2D eigenvalue weighted by molar-refractivity contribution is -0.274. The predicted octanol–water partition coefficient (Wildman–Crippen LogP) is 1.78. The van der Waals surface area contributed by atoms with E-state index < -0.39 is 12.1 Å². The van der Waals surface area contributed by atoms with Crippen molar-refractivity contribution in [2.75, 3.05) is 5.73 Å². The Labute approximate surface area is 91.5 Å². The summed E-state index contributed by atoms with van der Waals surface area (Å²) in [5.41, 5.74) is 10.6. The van der Waals surface area contributed by atoms with E-state index in [1.165, 1.54) is 0 Å². The molecule has 0 bridgehead atoms. The van der Waals surface area contributed by atoms with Crippen LogP contribution in [0.15, 0.2) is 10.7 Å². The molecule has 4 N–H and O–H groups in total. The Morgan fingerprint density at radius 2 is 2.07 bits per heavy atom. The SMILES string of the molecule is NCc1cc(OC(F)(F)F)c(N)c(Br)n1. The first-order valence-electron chi connectivity index (χ1n) is 3.74. The molecule has 0 aliphatic rings. The average Bonchev–Trinajstić information content (AvgIpc) is 2.10. The molecule has 0 aromatic carbocycles. The number of halogens is 4. The molecule has 4 nitrogen and oxygen atoms in total. The molecule has 1 aromatic heterocycles. The van der Waals surface area contributed by atoms with E-state index in [1.54, 1.807) is 0 Å². The lowest BCUT2D eigenvalue weighted by Crippen LogP contribution is -2.18. The maximum atomic E-state index is 11.9. The number of anilines is 1. The van der Waals surface area contributed by atoms with Crippen molar-refractivity contribution in [3.8, 4) is 5.75 Å². The number of ether oxygens (including phenoxy) is 1. The number of nitrogen functional groups attached to an aromatic ring is 1. The summed E-state index contributed by atoms with van der Waals surface area (Å²) in [7, 11) is 0. The summed E-state index contributed by atoms with van der Waals surface area (Å²) in [5, 5.41) is 0. The van der Waals surface area contributed by atoms with Gasteiger partial charge in [-0.15, -0.1) is 13.2 Å². The molecule has 0 fully saturated rings. The number of rotatable bonds is 2. The van der Waals surface area contributed by atoms with E-state index in [9.17, 15) is 13.2 Å². The van der Waals surface area contributed by atoms with Gasteiger partial charge in [0.1, 0.15) is 10.3 Å². The van der Waals surface area contributed by atoms with E-state index in [-0.39, 0.29) is 22.5 Å². The van der Waals surface area contributed by atoms with E-state index in [1.807, 2.05) is 0 Å². The number of aromatic nitrogens is 1. The minimum atomic E-state index is -4.79. The minimum absolute atomic E-state index is 0.00685. The second-order valence-electron chi connectivity index (χ2n) is 2.57. The summed E-state index contributed by atoms with van der Waals surface area (Å²) in [6.07, 6.45) is -4.79. The molecule has 1 aromatic rings. The topological polar surface area (TPSA) is 74.2 Å². The third-order valence-electron chi connectivity index (χ3n) is 1.46. The van der Waals surface area contributed by atoms with E-state index in [0.29, 0.717) is 0 Å². The Bertz CT molecular complexity index is 369. The Kier molecular flexibility index (Phi) is 3.40. The highest BCUT2D eigenvalue weighted by molar-refractivity contribution is 9.10. The van der Waals surface area contributed by atoms with Gasteiger partial charge < -0.3 is 16.2 Å². The van der Waals surface area contributed by atoms with Gasteiger partial charge in [-0.05, 0) is 15.9 Å². The molecule has 84 valence electrons. The Hall–Kier alpha value is -1.02. The summed E-state index contributed by atoms with van der Waals surface area (Å²) in [6, 6.07) is 1.05. The molecule has 0 saturated heterocycles. The van der Waals surface area contributed by atoms with Crippen molar-refractivity contribution in [1.29, 1.82) is 0 Å². The van der Waals surface area contributed by atoms with Crippen LogP contribution in [0, 0.1) is 0 Å². The molecule has 15 heavy (non-hydrogen) atoms. The molecule has 1 heterocycles. The van der Waals surface area contributed by atoms with E-state index >= 15 is 0 Å². The first kappa shape index (κ1) is 12.1. The summed E-state index contributed by atoms with van der Waals surface area (Å²) in [6.45, 7) is -0.00685. The monoisotopic (exact) mass is 285 g/mol. The molecular weight excluding hydrogens is 279 g/mol. The van der Waals surface area contributed by atoms with Gasteiger partial charge in [-0.2, -0.15) is 0 Å². The molecule has 0 amide bonds. The van der Waals surface area contributed by atoms with Gasteiger partial charge in [0.2, 0.25) is 0 Å². The highest BCUT2D eigenvalue weighted by Gasteiger charge is 2.32. The van der Waals surface area contributed by atoms with Gasteiger partial charge in [-0.25, -0.2) is 4.98 Å². The second kappa shape index (κ2) is 4.23. The highest BCUT2D eigenvalue weighted by Crippen LogP contribution is 2.32. The normalized spacial score (nSPS) is 11.5. The highest BCUT2D eigenvalue weighted by atomic mass is 79.9. The Morgan fingerprint density at radius 1 is 1.47 bits per heavy atom. The zero-order chi connectivity index (χ0) is 11.6. The third kappa shape index (κ3) is 3.24. The lowest BCUT2D eigenvalue weighted by Gasteiger charge is -2.12. The van der Waals surface area contributed by atoms with Gasteiger partial charge in [-0.1, -0.05) is 0 Å². The first-order valence-corrected chi connectivity index (χ1v) is 4.53. The summed E-state index contributed by atoms with van der Waals surface area (Å²) in [4.78, 5) is 3.80. The molecule has 0 aliphatic carbocycles. The molecule has 8 heteroatoms. The van der Waals surface area contributed by atoms with Crippen molar-refractivity contribution in [3.63, 3.8) is 0 Å². The summed E-state index contributed by atoms with van der Waals surface area (Å²) >= 11 is 2.91. The number of hydrogen-bond acceptors (Lipinski definition) is 4. The fourth-order valence-electron chi connectivity index (χ4n) is 0.863. The number of hydrogen-bond donors (Lipinski definition) is 2. The van der Waals surface area contributed by atoms with Crippen LogP contribution in [0.3, 0.4) is 0 Å². The van der Waals surface area contributed by atoms with Gasteiger partial charge >= 0.3 is 6.36 Å². The Balaban J connectivity index is 3.11. The van der Waals surface area contributed by atoms with Crippen LogP contribution in [0.1, 0.15) is 5.69 Å². The lowest BCUT2D eigenvalue weighted by atomic mass is 10.3. The fourth-order valence-corrected chi connectivity index (χ4v) is 1.29. The smallest absolute Gasteiger partial charge is 0.403 e. The van der Waals surface area contributed by atoms with Crippen LogP contribution < -0.4 is 16.2 Å². The molecule has 0 saturated carbocycles. The van der Waals surface area contributed by atoms with E-state index in [2.05, 4.69) is 25.7 Å². The third-order valence-corrected chi connectivity index (χ3v) is 2.07. The molecule has 0 atom stereocenters. The largest absolute Gasteiger partial charge is 0.573 e. The fraction of sp³-hybridized carbons (Fsp3) is 0.286. The standard InChI is InChI=1S/C7H7BrF3N3O/c8-6-5(13)4(15-7(9,10)11)1-3(2-12)14-6/h1H,2,12-13H2. The maximum absolute atomic E-state index is 11.9. The van der Waals surface area contributed by atoms with Crippen LogP contribution in [0.5, 0.6) is 5.75 Å². The molecule has 1 rings (SSSR count). The number of nitrogens with two attached hydrogens (primary N) is 2. The van der Waals surface area contributed by atoms with Gasteiger partial charge in [0.25, 0.3) is 0 Å². The summed E-state index contributed by atoms with van der Waals surface area (Å²) in [5.74, 6) is -0.509. The maximum Gasteiger partial charge on any atom is 0.573 e. The zero-order valence-corrected chi connectivity index (χ0v) is 8.89. The van der Waals surface area contributed by atoms with E-state index in [4.69, 9.17) is 11.5 Å². The van der Waals surface area contributed by atoms with Crippen molar-refractivity contribution in [3.05, 3.63) is 16.4 Å². The molecular formula is C7H7BrF3N3O. The quantitative estimate of drug-likeness (QED) is 0.813. The number of nitrogens with zero attached hydrogens (tertiary/aromatic N) is 1. The van der Waals surface area contributed by atoms with Crippen molar-refractivity contribution in [2.24, 2.45) is 5.73 Å².